The van der Waals surface area contributed by atoms with Gasteiger partial charge in [-0.25, -0.2) is 4.98 Å². The minimum Gasteiger partial charge on any atom is -0.479 e. The molecule has 0 radical (unpaired) electrons. The van der Waals surface area contributed by atoms with E-state index in [0.717, 1.165) is 47.8 Å². The van der Waals surface area contributed by atoms with Crippen LogP contribution in [0.4, 0.5) is 5.69 Å². The van der Waals surface area contributed by atoms with Gasteiger partial charge in [-0.05, 0) is 43.9 Å². The van der Waals surface area contributed by atoms with Crippen LogP contribution in [0.25, 0.3) is 21.8 Å². The monoisotopic (exact) mass is 461 g/mol. The summed E-state index contributed by atoms with van der Waals surface area (Å²) in [6, 6.07) is 15.8. The van der Waals surface area contributed by atoms with Gasteiger partial charge in [-0.1, -0.05) is 37.3 Å². The summed E-state index contributed by atoms with van der Waals surface area (Å²) in [6.45, 7) is 5.48. The lowest BCUT2D eigenvalue weighted by atomic mass is 9.99. The highest BCUT2D eigenvalue weighted by molar-refractivity contribution is 7.13. The Morgan fingerprint density at radius 2 is 1.85 bits per heavy atom. The Hall–Kier alpha value is -3.19. The molecule has 2 amide bonds. The van der Waals surface area contributed by atoms with E-state index in [1.807, 2.05) is 58.8 Å². The number of amides is 2. The van der Waals surface area contributed by atoms with E-state index in [0.29, 0.717) is 17.4 Å². The van der Waals surface area contributed by atoms with Crippen LogP contribution in [0.3, 0.4) is 0 Å². The minimum absolute atomic E-state index is 0.0132. The van der Waals surface area contributed by atoms with Crippen LogP contribution in [-0.4, -0.2) is 47.4 Å². The topological polar surface area (TPSA) is 62.7 Å². The molecule has 33 heavy (non-hydrogen) atoms. The van der Waals surface area contributed by atoms with Crippen molar-refractivity contribution in [1.29, 1.82) is 0 Å². The minimum atomic E-state index is -0.624. The van der Waals surface area contributed by atoms with Crippen LogP contribution < -0.4 is 9.64 Å². The van der Waals surface area contributed by atoms with Gasteiger partial charge in [-0.2, -0.15) is 0 Å². The number of carbonyl (C=O) groups excluding carboxylic acids is 2. The molecule has 170 valence electrons. The zero-order valence-corrected chi connectivity index (χ0v) is 19.7. The summed E-state index contributed by atoms with van der Waals surface area (Å²) < 4.78 is 5.85. The van der Waals surface area contributed by atoms with E-state index in [2.05, 4.69) is 6.92 Å². The molecule has 1 aromatic heterocycles. The second-order valence-corrected chi connectivity index (χ2v) is 9.69. The Bertz CT molecular complexity index is 1170. The molecular weight excluding hydrogens is 434 g/mol. The number of fused-ring (bicyclic) bond motifs is 1. The van der Waals surface area contributed by atoms with E-state index in [4.69, 9.17) is 9.72 Å². The zero-order valence-electron chi connectivity index (χ0n) is 18.9. The van der Waals surface area contributed by atoms with Gasteiger partial charge in [0.15, 0.2) is 6.10 Å². The van der Waals surface area contributed by atoms with Crippen molar-refractivity contribution in [1.82, 2.24) is 9.88 Å². The number of rotatable bonds is 4. The highest BCUT2D eigenvalue weighted by Crippen LogP contribution is 2.38. The molecule has 3 heterocycles. The zero-order chi connectivity index (χ0) is 22.9. The van der Waals surface area contributed by atoms with E-state index in [-0.39, 0.29) is 18.4 Å². The maximum absolute atomic E-state index is 13.0. The number of carbonyl (C=O) groups is 2. The summed E-state index contributed by atoms with van der Waals surface area (Å²) in [5.74, 6) is 1.05. The number of ether oxygens (including phenoxy) is 1. The van der Waals surface area contributed by atoms with Gasteiger partial charge < -0.3 is 9.64 Å². The van der Waals surface area contributed by atoms with Crippen molar-refractivity contribution in [2.75, 3.05) is 24.5 Å². The van der Waals surface area contributed by atoms with E-state index in [1.165, 1.54) is 0 Å². The smallest absolute Gasteiger partial charge is 0.268 e. The van der Waals surface area contributed by atoms with Crippen LogP contribution in [0.5, 0.6) is 5.75 Å². The van der Waals surface area contributed by atoms with Gasteiger partial charge in [0.05, 0.1) is 11.4 Å². The molecule has 6 nitrogen and oxygen atoms in total. The fourth-order valence-corrected chi connectivity index (χ4v) is 5.18. The molecule has 1 saturated heterocycles. The summed E-state index contributed by atoms with van der Waals surface area (Å²) in [5.41, 5.74) is 3.43. The summed E-state index contributed by atoms with van der Waals surface area (Å²) in [5, 5.41) is 2.96. The van der Waals surface area contributed by atoms with Gasteiger partial charge >= 0.3 is 0 Å². The number of aromatic nitrogens is 1. The van der Waals surface area contributed by atoms with Crippen LogP contribution >= 0.6 is 11.3 Å². The first-order valence-corrected chi connectivity index (χ1v) is 12.3. The lowest BCUT2D eigenvalue weighted by Gasteiger charge is -2.36. The number of anilines is 1. The van der Waals surface area contributed by atoms with E-state index >= 15 is 0 Å². The number of hydrogen-bond donors (Lipinski definition) is 0. The third-order valence-corrected chi connectivity index (χ3v) is 7.31. The third-order valence-electron chi connectivity index (χ3n) is 6.42. The summed E-state index contributed by atoms with van der Waals surface area (Å²) in [7, 11) is 0. The van der Waals surface area contributed by atoms with Crippen molar-refractivity contribution in [3.63, 3.8) is 0 Å². The molecule has 2 aromatic carbocycles. The van der Waals surface area contributed by atoms with Gasteiger partial charge in [-0.3, -0.25) is 14.5 Å². The highest BCUT2D eigenvalue weighted by atomic mass is 32.1. The molecule has 0 spiro atoms. The quantitative estimate of drug-likeness (QED) is 0.557. The third kappa shape index (κ3) is 4.37. The van der Waals surface area contributed by atoms with Crippen molar-refractivity contribution in [3.8, 4) is 27.6 Å². The first-order chi connectivity index (χ1) is 16.0. The molecule has 0 saturated carbocycles. The Labute approximate surface area is 197 Å². The number of nitrogens with zero attached hydrogens (tertiary/aromatic N) is 3. The van der Waals surface area contributed by atoms with Crippen molar-refractivity contribution < 1.29 is 14.3 Å². The van der Waals surface area contributed by atoms with Gasteiger partial charge in [0.2, 0.25) is 5.91 Å². The Morgan fingerprint density at radius 1 is 1.09 bits per heavy atom. The maximum Gasteiger partial charge on any atom is 0.268 e. The molecule has 5 rings (SSSR count). The van der Waals surface area contributed by atoms with Crippen molar-refractivity contribution in [2.45, 2.75) is 32.8 Å². The van der Waals surface area contributed by atoms with Crippen molar-refractivity contribution in [3.05, 3.63) is 53.9 Å². The lowest BCUT2D eigenvalue weighted by Crippen LogP contribution is -2.50. The highest BCUT2D eigenvalue weighted by Gasteiger charge is 2.34. The SMILES string of the molecule is CC1CCN(C(=O)CN2C(=O)C(C)Oc3ccc(-c4csc(-c5ccccc5)n4)cc32)CC1. The van der Waals surface area contributed by atoms with Crippen LogP contribution in [-0.2, 0) is 9.59 Å². The number of thiazole rings is 1. The molecule has 1 fully saturated rings. The van der Waals surface area contributed by atoms with E-state index in [1.54, 1.807) is 23.2 Å². The average Bonchev–Trinajstić information content (AvgIpc) is 3.33. The van der Waals surface area contributed by atoms with Crippen LogP contribution in [0.2, 0.25) is 0 Å². The van der Waals surface area contributed by atoms with Gasteiger partial charge in [0, 0.05) is 29.6 Å². The molecule has 2 aliphatic rings. The fourth-order valence-electron chi connectivity index (χ4n) is 4.34. The predicted octanol–water partition coefficient (Wildman–Crippen LogP) is 4.85. The van der Waals surface area contributed by atoms with Gasteiger partial charge in [0.25, 0.3) is 5.91 Å². The van der Waals surface area contributed by atoms with Crippen molar-refractivity contribution in [2.24, 2.45) is 5.92 Å². The first-order valence-electron chi connectivity index (χ1n) is 11.4. The molecule has 0 bridgehead atoms. The van der Waals surface area contributed by atoms with Crippen molar-refractivity contribution >= 4 is 28.8 Å². The average molecular weight is 462 g/mol. The Kier molecular flexibility index (Phi) is 5.89. The molecule has 0 aliphatic carbocycles. The Morgan fingerprint density at radius 3 is 2.61 bits per heavy atom. The predicted molar refractivity (Wildman–Crippen MR) is 130 cm³/mol. The summed E-state index contributed by atoms with van der Waals surface area (Å²) in [6.07, 6.45) is 1.39. The second kappa shape index (κ2) is 8.98. The normalized spacial score (nSPS) is 18.7. The molecule has 1 atom stereocenters. The van der Waals surface area contributed by atoms with Gasteiger partial charge in [0.1, 0.15) is 17.3 Å². The van der Waals surface area contributed by atoms with Crippen LogP contribution in [0.1, 0.15) is 26.7 Å². The molecule has 1 unspecified atom stereocenters. The number of likely N-dealkylation sites (tertiary alicyclic amines) is 1. The summed E-state index contributed by atoms with van der Waals surface area (Å²) in [4.78, 5) is 34.3. The lowest BCUT2D eigenvalue weighted by molar-refractivity contribution is -0.134. The fraction of sp³-hybridized carbons (Fsp3) is 0.346. The largest absolute Gasteiger partial charge is 0.479 e. The van der Waals surface area contributed by atoms with Gasteiger partial charge in [-0.15, -0.1) is 11.3 Å². The maximum atomic E-state index is 13.0. The number of benzene rings is 2. The molecule has 3 aromatic rings. The number of piperidine rings is 1. The van der Waals surface area contributed by atoms with E-state index in [9.17, 15) is 9.59 Å². The summed E-state index contributed by atoms with van der Waals surface area (Å²) >= 11 is 1.58. The standard InChI is InChI=1S/C26H27N3O3S/c1-17-10-12-28(13-11-17)24(30)15-29-22-14-20(8-9-23(22)32-18(2)26(29)31)21-16-33-25(27-21)19-6-4-3-5-7-19/h3-9,14,16-18H,10-13,15H2,1-2H3. The van der Waals surface area contributed by atoms with E-state index < -0.39 is 6.10 Å². The second-order valence-electron chi connectivity index (χ2n) is 8.83. The van der Waals surface area contributed by atoms with Crippen LogP contribution in [0.15, 0.2) is 53.9 Å². The van der Waals surface area contributed by atoms with Crippen LogP contribution in [0, 0.1) is 5.92 Å². The molecule has 0 N–H and O–H groups in total. The Balaban J connectivity index is 1.43. The molecule has 2 aliphatic heterocycles. The number of hydrogen-bond acceptors (Lipinski definition) is 5. The first kappa shape index (κ1) is 21.6. The molecular formula is C26H27N3O3S. The molecule has 7 heteroatoms.